The summed E-state index contributed by atoms with van der Waals surface area (Å²) in [5.74, 6) is -1.05. The van der Waals surface area contributed by atoms with Gasteiger partial charge in [-0.3, -0.25) is 4.79 Å². The lowest BCUT2D eigenvalue weighted by atomic mass is 10.2. The molecule has 2 aromatic carbocycles. The SMILES string of the molecule is Cc1ccc(C)c(S(=O)(=O)Oc2ccc(C(=O)OC(C)C(=O)NCc3cccs3)cc2)c1. The number of nitrogens with one attached hydrogen (secondary N) is 1. The Balaban J connectivity index is 1.60. The number of carbonyl (C=O) groups is 2. The fourth-order valence-corrected chi connectivity index (χ4v) is 4.70. The van der Waals surface area contributed by atoms with Crippen molar-refractivity contribution >= 4 is 33.3 Å². The Bertz CT molecular complexity index is 1200. The molecule has 1 amide bonds. The predicted molar refractivity (Wildman–Crippen MR) is 121 cm³/mol. The summed E-state index contributed by atoms with van der Waals surface area (Å²) in [7, 11) is -4.02. The molecule has 1 atom stereocenters. The number of carbonyl (C=O) groups excluding carboxylic acids is 2. The molecule has 3 aromatic rings. The fraction of sp³-hybridized carbons (Fsp3) is 0.217. The van der Waals surface area contributed by atoms with E-state index in [4.69, 9.17) is 8.92 Å². The summed E-state index contributed by atoms with van der Waals surface area (Å²) in [5, 5.41) is 4.62. The van der Waals surface area contributed by atoms with Crippen molar-refractivity contribution < 1.29 is 26.9 Å². The van der Waals surface area contributed by atoms with E-state index in [1.807, 2.05) is 23.6 Å². The quantitative estimate of drug-likeness (QED) is 0.392. The second kappa shape index (κ2) is 9.97. The predicted octanol–water partition coefficient (Wildman–Crippen LogP) is 3.99. The molecule has 0 fully saturated rings. The van der Waals surface area contributed by atoms with Gasteiger partial charge in [0.1, 0.15) is 10.6 Å². The maximum Gasteiger partial charge on any atom is 0.339 e. The van der Waals surface area contributed by atoms with Gasteiger partial charge in [0.2, 0.25) is 0 Å². The summed E-state index contributed by atoms with van der Waals surface area (Å²) in [6, 6.07) is 14.3. The molecule has 0 bridgehead atoms. The van der Waals surface area contributed by atoms with Gasteiger partial charge in [-0.05, 0) is 73.7 Å². The average molecular weight is 474 g/mol. The molecule has 0 aliphatic heterocycles. The van der Waals surface area contributed by atoms with E-state index >= 15 is 0 Å². The number of aryl methyl sites for hydroxylation is 2. The van der Waals surface area contributed by atoms with Crippen LogP contribution in [0.2, 0.25) is 0 Å². The van der Waals surface area contributed by atoms with Gasteiger partial charge >= 0.3 is 16.1 Å². The van der Waals surface area contributed by atoms with Crippen molar-refractivity contribution in [2.75, 3.05) is 0 Å². The van der Waals surface area contributed by atoms with E-state index in [0.717, 1.165) is 10.4 Å². The van der Waals surface area contributed by atoms with Crippen LogP contribution in [0.15, 0.2) is 64.9 Å². The first-order chi connectivity index (χ1) is 15.2. The molecule has 168 valence electrons. The molecule has 7 nitrogen and oxygen atoms in total. The number of hydrogen-bond acceptors (Lipinski definition) is 7. The van der Waals surface area contributed by atoms with Crippen molar-refractivity contribution in [1.29, 1.82) is 0 Å². The van der Waals surface area contributed by atoms with Gasteiger partial charge in [-0.2, -0.15) is 8.42 Å². The maximum atomic E-state index is 12.6. The minimum Gasteiger partial charge on any atom is -0.449 e. The molecule has 1 N–H and O–H groups in total. The molecule has 0 spiro atoms. The highest BCUT2D eigenvalue weighted by atomic mass is 32.2. The summed E-state index contributed by atoms with van der Waals surface area (Å²) in [4.78, 5) is 25.5. The summed E-state index contributed by atoms with van der Waals surface area (Å²) in [6.07, 6.45) is -0.983. The summed E-state index contributed by atoms with van der Waals surface area (Å²) >= 11 is 1.52. The van der Waals surface area contributed by atoms with Crippen LogP contribution in [0.4, 0.5) is 0 Å². The summed E-state index contributed by atoms with van der Waals surface area (Å²) < 4.78 is 35.6. The first-order valence-corrected chi connectivity index (χ1v) is 12.1. The maximum absolute atomic E-state index is 12.6. The van der Waals surface area contributed by atoms with E-state index in [1.165, 1.54) is 42.5 Å². The number of amides is 1. The number of esters is 1. The van der Waals surface area contributed by atoms with Crippen LogP contribution in [0.3, 0.4) is 0 Å². The first-order valence-electron chi connectivity index (χ1n) is 9.78. The van der Waals surface area contributed by atoms with Crippen LogP contribution in [0.5, 0.6) is 5.75 Å². The molecule has 32 heavy (non-hydrogen) atoms. The second-order valence-corrected chi connectivity index (χ2v) is 9.72. The highest BCUT2D eigenvalue weighted by Crippen LogP contribution is 2.23. The minimum absolute atomic E-state index is 0.0594. The molecule has 0 saturated heterocycles. The minimum atomic E-state index is -4.02. The molecule has 0 aliphatic carbocycles. The standard InChI is InChI=1S/C23H23NO6S2/c1-15-6-7-16(2)21(13-15)32(27,28)30-19-10-8-18(9-11-19)23(26)29-17(3)22(25)24-14-20-5-4-12-31-20/h4-13,17H,14H2,1-3H3,(H,24,25). The van der Waals surface area contributed by atoms with Crippen LogP contribution < -0.4 is 9.50 Å². The monoisotopic (exact) mass is 473 g/mol. The molecule has 3 rings (SSSR count). The topological polar surface area (TPSA) is 98.8 Å². The van der Waals surface area contributed by atoms with Crippen LogP contribution in [0.25, 0.3) is 0 Å². The molecule has 9 heteroatoms. The number of hydrogen-bond donors (Lipinski definition) is 1. The van der Waals surface area contributed by atoms with E-state index in [9.17, 15) is 18.0 Å². The first kappa shape index (κ1) is 23.5. The highest BCUT2D eigenvalue weighted by molar-refractivity contribution is 7.87. The van der Waals surface area contributed by atoms with E-state index in [0.29, 0.717) is 12.1 Å². The zero-order valence-corrected chi connectivity index (χ0v) is 19.5. The molecule has 1 heterocycles. The Hall–Kier alpha value is -3.17. The van der Waals surface area contributed by atoms with Gasteiger partial charge in [-0.25, -0.2) is 4.79 Å². The van der Waals surface area contributed by atoms with Crippen LogP contribution in [-0.4, -0.2) is 26.4 Å². The molecule has 1 aromatic heterocycles. The van der Waals surface area contributed by atoms with Crippen molar-refractivity contribution in [3.05, 3.63) is 81.5 Å². The smallest absolute Gasteiger partial charge is 0.339 e. The Labute approximate surface area is 191 Å². The molecular formula is C23H23NO6S2. The number of rotatable bonds is 8. The van der Waals surface area contributed by atoms with Gasteiger partial charge in [-0.15, -0.1) is 11.3 Å². The summed E-state index contributed by atoms with van der Waals surface area (Å²) in [6.45, 7) is 5.32. The largest absolute Gasteiger partial charge is 0.449 e. The van der Waals surface area contributed by atoms with Crippen LogP contribution in [-0.2, 0) is 26.2 Å². The lowest BCUT2D eigenvalue weighted by Gasteiger charge is -2.13. The number of benzene rings is 2. The van der Waals surface area contributed by atoms with Crippen molar-refractivity contribution in [3.8, 4) is 5.75 Å². The molecule has 0 aliphatic rings. The van der Waals surface area contributed by atoms with Gasteiger partial charge in [0.05, 0.1) is 12.1 Å². The van der Waals surface area contributed by atoms with E-state index in [1.54, 1.807) is 26.0 Å². The molecule has 0 radical (unpaired) electrons. The van der Waals surface area contributed by atoms with Crippen molar-refractivity contribution in [3.63, 3.8) is 0 Å². The van der Waals surface area contributed by atoms with Gasteiger partial charge < -0.3 is 14.2 Å². The van der Waals surface area contributed by atoms with Crippen molar-refractivity contribution in [1.82, 2.24) is 5.32 Å². The Morgan fingerprint density at radius 3 is 2.44 bits per heavy atom. The van der Waals surface area contributed by atoms with Gasteiger partial charge in [0.15, 0.2) is 6.10 Å². The van der Waals surface area contributed by atoms with Crippen molar-refractivity contribution in [2.45, 2.75) is 38.3 Å². The average Bonchev–Trinajstić information content (AvgIpc) is 3.27. The lowest BCUT2D eigenvalue weighted by molar-refractivity contribution is -0.129. The highest BCUT2D eigenvalue weighted by Gasteiger charge is 2.21. The third kappa shape index (κ3) is 5.95. The molecule has 0 saturated carbocycles. The number of ether oxygens (including phenoxy) is 1. The second-order valence-electron chi connectivity index (χ2n) is 7.18. The Morgan fingerprint density at radius 2 is 1.78 bits per heavy atom. The molecule has 1 unspecified atom stereocenters. The zero-order valence-electron chi connectivity index (χ0n) is 17.8. The zero-order chi connectivity index (χ0) is 23.3. The fourth-order valence-electron chi connectivity index (χ4n) is 2.81. The van der Waals surface area contributed by atoms with Crippen LogP contribution in [0.1, 0.15) is 33.3 Å². The van der Waals surface area contributed by atoms with Gasteiger partial charge in [-0.1, -0.05) is 18.2 Å². The van der Waals surface area contributed by atoms with Crippen LogP contribution >= 0.6 is 11.3 Å². The van der Waals surface area contributed by atoms with Gasteiger partial charge in [0, 0.05) is 4.88 Å². The normalized spacial score (nSPS) is 12.1. The Morgan fingerprint density at radius 1 is 1.06 bits per heavy atom. The Kier molecular flexibility index (Phi) is 7.32. The van der Waals surface area contributed by atoms with E-state index < -0.39 is 28.1 Å². The van der Waals surface area contributed by atoms with Gasteiger partial charge in [0.25, 0.3) is 5.91 Å². The van der Waals surface area contributed by atoms with E-state index in [2.05, 4.69) is 5.32 Å². The third-order valence-electron chi connectivity index (χ3n) is 4.58. The number of thiophene rings is 1. The van der Waals surface area contributed by atoms with Crippen molar-refractivity contribution in [2.24, 2.45) is 0 Å². The molecular weight excluding hydrogens is 450 g/mol. The van der Waals surface area contributed by atoms with Crippen LogP contribution in [0, 0.1) is 13.8 Å². The van der Waals surface area contributed by atoms with E-state index in [-0.39, 0.29) is 16.2 Å². The third-order valence-corrected chi connectivity index (χ3v) is 6.85. The summed E-state index contributed by atoms with van der Waals surface area (Å²) in [5.41, 5.74) is 1.53. The lowest BCUT2D eigenvalue weighted by Crippen LogP contribution is -2.35.